The van der Waals surface area contributed by atoms with Crippen LogP contribution in [0, 0.1) is 5.41 Å². The Bertz CT molecular complexity index is 436. The van der Waals surface area contributed by atoms with Gasteiger partial charge in [0.25, 0.3) is 0 Å². The normalized spacial score (nSPS) is 21.2. The topological polar surface area (TPSA) is 73.4 Å². The van der Waals surface area contributed by atoms with Gasteiger partial charge in [-0.05, 0) is 27.2 Å². The molecule has 1 saturated heterocycles. The number of hydrogen-bond donors (Lipinski definition) is 1. The summed E-state index contributed by atoms with van der Waals surface area (Å²) in [6.07, 6.45) is 4.34. The summed E-state index contributed by atoms with van der Waals surface area (Å²) in [5.74, 6) is -0.205. The van der Waals surface area contributed by atoms with Crippen LogP contribution in [0.5, 0.6) is 0 Å². The van der Waals surface area contributed by atoms with Crippen LogP contribution in [0.15, 0.2) is 12.4 Å². The Hall–Kier alpha value is -1.56. The van der Waals surface area contributed by atoms with E-state index in [0.29, 0.717) is 12.2 Å². The lowest BCUT2D eigenvalue weighted by molar-refractivity contribution is -0.195. The van der Waals surface area contributed by atoms with Gasteiger partial charge in [0.2, 0.25) is 0 Å². The fourth-order valence-electron chi connectivity index (χ4n) is 1.82. The van der Waals surface area contributed by atoms with Gasteiger partial charge in [0, 0.05) is 12.7 Å². The molecule has 6 nitrogen and oxygen atoms in total. The molecule has 2 rings (SSSR count). The van der Waals surface area contributed by atoms with Crippen molar-refractivity contribution in [3.8, 4) is 0 Å². The monoisotopic (exact) mass is 252 g/mol. The highest BCUT2D eigenvalue weighted by atomic mass is 16.7. The van der Waals surface area contributed by atoms with Crippen molar-refractivity contribution in [3.63, 3.8) is 0 Å². The molecule has 1 aromatic rings. The van der Waals surface area contributed by atoms with Crippen LogP contribution in [0.25, 0.3) is 0 Å². The molecule has 0 unspecified atom stereocenters. The number of carbonyl (C=O) groups excluding carboxylic acids is 1. The zero-order chi connectivity index (χ0) is 13.3. The second kappa shape index (κ2) is 4.61. The van der Waals surface area contributed by atoms with E-state index < -0.39 is 5.41 Å². The molecule has 0 radical (unpaired) electrons. The number of carbonyl (C=O) groups is 1. The number of rotatable bonds is 2. The molecule has 0 bridgehead atoms. The highest BCUT2D eigenvalue weighted by Crippen LogP contribution is 2.24. The molecule has 18 heavy (non-hydrogen) atoms. The number of aromatic nitrogens is 2. The van der Waals surface area contributed by atoms with Crippen LogP contribution in [-0.2, 0) is 9.63 Å². The lowest BCUT2D eigenvalue weighted by Crippen LogP contribution is -2.32. The molecule has 1 atom stereocenters. The summed E-state index contributed by atoms with van der Waals surface area (Å²) in [5.41, 5.74) is 5.81. The van der Waals surface area contributed by atoms with Gasteiger partial charge >= 0.3 is 5.97 Å². The summed E-state index contributed by atoms with van der Waals surface area (Å²) in [6, 6.07) is 0.218. The molecule has 0 saturated carbocycles. The molecule has 1 aromatic heterocycles. The Kier molecular flexibility index (Phi) is 3.30. The molecule has 0 spiro atoms. The van der Waals surface area contributed by atoms with E-state index >= 15 is 0 Å². The summed E-state index contributed by atoms with van der Waals surface area (Å²) in [6.45, 7) is 6.92. The summed E-state index contributed by atoms with van der Waals surface area (Å²) in [7, 11) is 0. The van der Waals surface area contributed by atoms with E-state index in [4.69, 9.17) is 10.6 Å². The van der Waals surface area contributed by atoms with E-state index in [9.17, 15) is 4.79 Å². The maximum Gasteiger partial charge on any atom is 0.330 e. The lowest BCUT2D eigenvalue weighted by atomic mass is 9.98. The van der Waals surface area contributed by atoms with Crippen LogP contribution < -0.4 is 5.73 Å². The van der Waals surface area contributed by atoms with Gasteiger partial charge < -0.3 is 10.6 Å². The van der Waals surface area contributed by atoms with Gasteiger partial charge in [0.15, 0.2) is 0 Å². The first kappa shape index (κ1) is 12.9. The van der Waals surface area contributed by atoms with Crippen molar-refractivity contribution in [2.75, 3.05) is 18.8 Å². The van der Waals surface area contributed by atoms with E-state index in [2.05, 4.69) is 5.10 Å². The average molecular weight is 252 g/mol. The quantitative estimate of drug-likeness (QED) is 0.856. The smallest absolute Gasteiger partial charge is 0.330 e. The van der Waals surface area contributed by atoms with E-state index in [-0.39, 0.29) is 12.0 Å². The Morgan fingerprint density at radius 1 is 1.56 bits per heavy atom. The maximum absolute atomic E-state index is 11.8. The van der Waals surface area contributed by atoms with Crippen LogP contribution in [0.4, 0.5) is 5.69 Å². The standard InChI is InChI=1S/C12H20N4O2/c1-12(2,3)11(17)18-15-5-4-10(8-15)16-7-9(13)6-14-16/h6-7,10H,4-5,8,13H2,1-3H3/t10-/m1/s1. The maximum atomic E-state index is 11.8. The van der Waals surface area contributed by atoms with Gasteiger partial charge in [-0.2, -0.15) is 5.10 Å². The third-order valence-electron chi connectivity index (χ3n) is 2.95. The van der Waals surface area contributed by atoms with Crippen LogP contribution in [-0.4, -0.2) is 33.9 Å². The van der Waals surface area contributed by atoms with E-state index in [1.807, 2.05) is 25.5 Å². The minimum Gasteiger partial charge on any atom is -0.396 e. The molecule has 1 fully saturated rings. The Morgan fingerprint density at radius 2 is 2.28 bits per heavy atom. The molecular weight excluding hydrogens is 232 g/mol. The highest BCUT2D eigenvalue weighted by molar-refractivity contribution is 5.75. The molecule has 2 heterocycles. The molecule has 0 amide bonds. The number of nitrogens with zero attached hydrogens (tertiary/aromatic N) is 3. The number of nitrogens with two attached hydrogens (primary N) is 1. The number of nitrogen functional groups attached to an aromatic ring is 1. The van der Waals surface area contributed by atoms with Crippen molar-refractivity contribution in [1.82, 2.24) is 14.8 Å². The van der Waals surface area contributed by atoms with Crippen molar-refractivity contribution >= 4 is 11.7 Å². The molecular formula is C12H20N4O2. The number of anilines is 1. The lowest BCUT2D eigenvalue weighted by Gasteiger charge is -2.21. The second-order valence-corrected chi connectivity index (χ2v) is 5.71. The van der Waals surface area contributed by atoms with Crippen LogP contribution in [0.1, 0.15) is 33.2 Å². The summed E-state index contributed by atoms with van der Waals surface area (Å²) < 4.78 is 1.83. The van der Waals surface area contributed by atoms with Crippen LogP contribution >= 0.6 is 0 Å². The second-order valence-electron chi connectivity index (χ2n) is 5.71. The van der Waals surface area contributed by atoms with Gasteiger partial charge in [-0.15, -0.1) is 5.06 Å². The molecule has 2 N–H and O–H groups in total. The van der Waals surface area contributed by atoms with Crippen molar-refractivity contribution in [3.05, 3.63) is 12.4 Å². The van der Waals surface area contributed by atoms with Gasteiger partial charge in [-0.1, -0.05) is 0 Å². The summed E-state index contributed by atoms with van der Waals surface area (Å²) >= 11 is 0. The van der Waals surface area contributed by atoms with E-state index in [0.717, 1.165) is 13.0 Å². The first-order valence-corrected chi connectivity index (χ1v) is 6.13. The predicted octanol–water partition coefficient (Wildman–Crippen LogP) is 1.22. The summed E-state index contributed by atoms with van der Waals surface area (Å²) in [5, 5.41) is 5.89. The third-order valence-corrected chi connectivity index (χ3v) is 2.95. The van der Waals surface area contributed by atoms with Crippen molar-refractivity contribution in [2.45, 2.75) is 33.2 Å². The van der Waals surface area contributed by atoms with Crippen LogP contribution in [0.3, 0.4) is 0 Å². The van der Waals surface area contributed by atoms with Crippen molar-refractivity contribution in [2.24, 2.45) is 5.41 Å². The molecule has 1 aliphatic rings. The minimum absolute atomic E-state index is 0.205. The SMILES string of the molecule is CC(C)(C)C(=O)ON1CC[C@@H](n2cc(N)cn2)C1. The molecule has 100 valence electrons. The molecule has 0 aromatic carbocycles. The first-order chi connectivity index (χ1) is 8.36. The third kappa shape index (κ3) is 2.81. The zero-order valence-electron chi connectivity index (χ0n) is 11.1. The minimum atomic E-state index is -0.478. The first-order valence-electron chi connectivity index (χ1n) is 6.13. The van der Waals surface area contributed by atoms with Crippen LogP contribution in [0.2, 0.25) is 0 Å². The summed E-state index contributed by atoms with van der Waals surface area (Å²) in [4.78, 5) is 17.1. The molecule has 6 heteroatoms. The number of hydrogen-bond acceptors (Lipinski definition) is 5. The van der Waals surface area contributed by atoms with Crippen molar-refractivity contribution in [1.29, 1.82) is 0 Å². The fraction of sp³-hybridized carbons (Fsp3) is 0.667. The molecule has 1 aliphatic heterocycles. The number of hydroxylamine groups is 2. The average Bonchev–Trinajstić information content (AvgIpc) is 2.85. The van der Waals surface area contributed by atoms with Gasteiger partial charge in [-0.3, -0.25) is 4.68 Å². The highest BCUT2D eigenvalue weighted by Gasteiger charge is 2.31. The van der Waals surface area contributed by atoms with Gasteiger partial charge in [-0.25, -0.2) is 4.79 Å². The van der Waals surface area contributed by atoms with E-state index in [1.165, 1.54) is 0 Å². The van der Waals surface area contributed by atoms with E-state index in [1.54, 1.807) is 17.5 Å². The Balaban J connectivity index is 1.91. The van der Waals surface area contributed by atoms with Gasteiger partial charge in [0.1, 0.15) is 0 Å². The Labute approximate surface area is 107 Å². The zero-order valence-corrected chi connectivity index (χ0v) is 11.1. The largest absolute Gasteiger partial charge is 0.396 e. The predicted molar refractivity (Wildman–Crippen MR) is 67.4 cm³/mol. The van der Waals surface area contributed by atoms with Crippen molar-refractivity contribution < 1.29 is 9.63 Å². The Morgan fingerprint density at radius 3 is 2.83 bits per heavy atom. The van der Waals surface area contributed by atoms with Gasteiger partial charge in [0.05, 0.1) is 29.9 Å². The molecule has 0 aliphatic carbocycles. The fourth-order valence-corrected chi connectivity index (χ4v) is 1.82.